The highest BCUT2D eigenvalue weighted by Crippen LogP contribution is 2.21. The van der Waals surface area contributed by atoms with Gasteiger partial charge in [0.25, 0.3) is 5.56 Å². The average molecular weight is 311 g/mol. The van der Waals surface area contributed by atoms with Crippen LogP contribution in [0, 0.1) is 24.1 Å². The van der Waals surface area contributed by atoms with Gasteiger partial charge in [-0.1, -0.05) is 6.08 Å². The number of allylic oxidation sites excluding steroid dienone is 1. The second kappa shape index (κ2) is 6.71. The number of nitrogens with zero attached hydrogens (tertiary/aromatic N) is 3. The minimum absolute atomic E-state index is 0.0646. The number of aromatic hydroxyl groups is 1. The predicted molar refractivity (Wildman–Crippen MR) is 85.7 cm³/mol. The van der Waals surface area contributed by atoms with E-state index in [9.17, 15) is 14.3 Å². The van der Waals surface area contributed by atoms with E-state index in [2.05, 4.69) is 11.6 Å². The highest BCUT2D eigenvalue weighted by atomic mass is 19.1. The molecule has 0 saturated carbocycles. The SMILES string of the molecule is C=CCn1c(O)c(C=Nc2ccc(F)cc2)c(C)c(C#N)c1=O. The Hall–Kier alpha value is -3.20. The van der Waals surface area contributed by atoms with Crippen LogP contribution in [0.5, 0.6) is 5.88 Å². The van der Waals surface area contributed by atoms with E-state index in [1.807, 2.05) is 6.07 Å². The third-order valence-corrected chi connectivity index (χ3v) is 3.33. The van der Waals surface area contributed by atoms with Crippen LogP contribution in [0.2, 0.25) is 0 Å². The van der Waals surface area contributed by atoms with Gasteiger partial charge in [0.05, 0.1) is 11.3 Å². The molecule has 1 aromatic heterocycles. The van der Waals surface area contributed by atoms with Gasteiger partial charge >= 0.3 is 0 Å². The second-order valence-corrected chi connectivity index (χ2v) is 4.79. The van der Waals surface area contributed by atoms with Gasteiger partial charge in [-0.3, -0.25) is 14.4 Å². The van der Waals surface area contributed by atoms with Crippen LogP contribution in [0.4, 0.5) is 10.1 Å². The molecule has 0 aliphatic carbocycles. The molecule has 1 heterocycles. The van der Waals surface area contributed by atoms with E-state index in [1.165, 1.54) is 36.6 Å². The minimum Gasteiger partial charge on any atom is -0.494 e. The molecule has 0 amide bonds. The number of halogens is 1. The Bertz CT molecular complexity index is 875. The zero-order chi connectivity index (χ0) is 17.0. The van der Waals surface area contributed by atoms with E-state index in [0.717, 1.165) is 4.57 Å². The first kappa shape index (κ1) is 16.2. The summed E-state index contributed by atoms with van der Waals surface area (Å²) in [4.78, 5) is 16.3. The van der Waals surface area contributed by atoms with E-state index in [-0.39, 0.29) is 29.4 Å². The van der Waals surface area contributed by atoms with Gasteiger partial charge in [0.2, 0.25) is 5.88 Å². The van der Waals surface area contributed by atoms with Crippen LogP contribution in [-0.2, 0) is 6.54 Å². The number of hydrogen-bond donors (Lipinski definition) is 1. The van der Waals surface area contributed by atoms with Gasteiger partial charge in [0.1, 0.15) is 17.4 Å². The first-order valence-electron chi connectivity index (χ1n) is 6.76. The highest BCUT2D eigenvalue weighted by Gasteiger charge is 2.17. The molecule has 5 nitrogen and oxygen atoms in total. The van der Waals surface area contributed by atoms with Crippen molar-refractivity contribution in [1.29, 1.82) is 5.26 Å². The summed E-state index contributed by atoms with van der Waals surface area (Å²) in [6.45, 7) is 5.15. The van der Waals surface area contributed by atoms with Crippen molar-refractivity contribution in [3.05, 3.63) is 69.8 Å². The van der Waals surface area contributed by atoms with Crippen LogP contribution in [0.25, 0.3) is 0 Å². The molecule has 23 heavy (non-hydrogen) atoms. The Morgan fingerprint density at radius 2 is 2.09 bits per heavy atom. The number of nitriles is 1. The Morgan fingerprint density at radius 1 is 1.43 bits per heavy atom. The standard InChI is InChI=1S/C17H14FN3O2/c1-3-8-21-16(22)14(9-19)11(2)15(17(21)23)10-20-13-6-4-12(18)5-7-13/h3-7,10,23H,1,8H2,2H3. The lowest BCUT2D eigenvalue weighted by molar-refractivity contribution is 0.414. The molecule has 2 rings (SSSR count). The summed E-state index contributed by atoms with van der Waals surface area (Å²) in [5.74, 6) is -0.675. The molecule has 116 valence electrons. The molecule has 0 fully saturated rings. The van der Waals surface area contributed by atoms with Gasteiger partial charge in [-0.2, -0.15) is 5.26 Å². The van der Waals surface area contributed by atoms with Crippen LogP contribution in [-0.4, -0.2) is 15.9 Å². The Balaban J connectivity index is 2.59. The van der Waals surface area contributed by atoms with Crippen molar-refractivity contribution < 1.29 is 9.50 Å². The summed E-state index contributed by atoms with van der Waals surface area (Å²) in [6, 6.07) is 7.32. The molecule has 0 saturated heterocycles. The van der Waals surface area contributed by atoms with E-state index in [1.54, 1.807) is 6.92 Å². The zero-order valence-corrected chi connectivity index (χ0v) is 12.5. The molecule has 0 bridgehead atoms. The number of benzene rings is 1. The summed E-state index contributed by atoms with van der Waals surface area (Å²) in [7, 11) is 0. The molecular formula is C17H14FN3O2. The Morgan fingerprint density at radius 3 is 2.65 bits per heavy atom. The van der Waals surface area contributed by atoms with E-state index < -0.39 is 5.56 Å². The van der Waals surface area contributed by atoms with Gasteiger partial charge in [0, 0.05) is 12.8 Å². The first-order valence-corrected chi connectivity index (χ1v) is 6.76. The maximum absolute atomic E-state index is 12.9. The monoisotopic (exact) mass is 311 g/mol. The van der Waals surface area contributed by atoms with Gasteiger partial charge in [-0.15, -0.1) is 6.58 Å². The molecule has 0 radical (unpaired) electrons. The summed E-state index contributed by atoms with van der Waals surface area (Å²) in [6.07, 6.45) is 2.79. The number of pyridine rings is 1. The quantitative estimate of drug-likeness (QED) is 0.696. The summed E-state index contributed by atoms with van der Waals surface area (Å²) in [5, 5.41) is 19.4. The maximum Gasteiger partial charge on any atom is 0.271 e. The zero-order valence-electron chi connectivity index (χ0n) is 12.5. The van der Waals surface area contributed by atoms with Crippen molar-refractivity contribution in [2.24, 2.45) is 4.99 Å². The van der Waals surface area contributed by atoms with Crippen LogP contribution in [0.3, 0.4) is 0 Å². The Labute approximate surface area is 132 Å². The summed E-state index contributed by atoms with van der Waals surface area (Å²) in [5.41, 5.74) is 0.421. The molecule has 0 aliphatic heterocycles. The number of aliphatic imine (C=N–C) groups is 1. The lowest BCUT2D eigenvalue weighted by Gasteiger charge is -2.12. The van der Waals surface area contributed by atoms with E-state index in [4.69, 9.17) is 5.26 Å². The lowest BCUT2D eigenvalue weighted by Crippen LogP contribution is -2.24. The summed E-state index contributed by atoms with van der Waals surface area (Å²) >= 11 is 0. The molecule has 0 unspecified atom stereocenters. The molecule has 6 heteroatoms. The summed E-state index contributed by atoms with van der Waals surface area (Å²) < 4.78 is 13.9. The number of aromatic nitrogens is 1. The van der Waals surface area contributed by atoms with Gasteiger partial charge in [0.15, 0.2) is 0 Å². The van der Waals surface area contributed by atoms with Gasteiger partial charge in [-0.05, 0) is 36.8 Å². The van der Waals surface area contributed by atoms with Crippen molar-refractivity contribution in [3.63, 3.8) is 0 Å². The second-order valence-electron chi connectivity index (χ2n) is 4.79. The molecule has 0 atom stereocenters. The molecule has 2 aromatic rings. The van der Waals surface area contributed by atoms with Crippen molar-refractivity contribution in [1.82, 2.24) is 4.57 Å². The van der Waals surface area contributed by atoms with Crippen molar-refractivity contribution >= 4 is 11.9 Å². The maximum atomic E-state index is 12.9. The first-order chi connectivity index (χ1) is 11.0. The van der Waals surface area contributed by atoms with Crippen LogP contribution < -0.4 is 5.56 Å². The Kier molecular flexibility index (Phi) is 4.72. The topological polar surface area (TPSA) is 78.4 Å². The third kappa shape index (κ3) is 3.19. The van der Waals surface area contributed by atoms with Gasteiger partial charge < -0.3 is 5.11 Å². The van der Waals surface area contributed by atoms with Crippen molar-refractivity contribution in [2.75, 3.05) is 0 Å². The molecule has 0 aliphatic rings. The smallest absolute Gasteiger partial charge is 0.271 e. The van der Waals surface area contributed by atoms with E-state index >= 15 is 0 Å². The highest BCUT2D eigenvalue weighted by molar-refractivity contribution is 5.87. The minimum atomic E-state index is -0.582. The molecule has 0 spiro atoms. The average Bonchev–Trinajstić information content (AvgIpc) is 2.53. The largest absolute Gasteiger partial charge is 0.494 e. The molecule has 1 aromatic carbocycles. The van der Waals surface area contributed by atoms with Crippen LogP contribution in [0.1, 0.15) is 16.7 Å². The lowest BCUT2D eigenvalue weighted by atomic mass is 10.1. The van der Waals surface area contributed by atoms with Crippen molar-refractivity contribution in [2.45, 2.75) is 13.5 Å². The predicted octanol–water partition coefficient (Wildman–Crippen LogP) is 2.81. The fraction of sp³-hybridized carbons (Fsp3) is 0.118. The van der Waals surface area contributed by atoms with Crippen LogP contribution in [0.15, 0.2) is 46.7 Å². The molecular weight excluding hydrogens is 297 g/mol. The fourth-order valence-corrected chi connectivity index (χ4v) is 2.09. The number of rotatable bonds is 4. The van der Waals surface area contributed by atoms with Gasteiger partial charge in [-0.25, -0.2) is 4.39 Å². The molecule has 1 N–H and O–H groups in total. The number of hydrogen-bond acceptors (Lipinski definition) is 4. The fourth-order valence-electron chi connectivity index (χ4n) is 2.09. The third-order valence-electron chi connectivity index (χ3n) is 3.33. The van der Waals surface area contributed by atoms with Crippen molar-refractivity contribution in [3.8, 4) is 11.9 Å². The van der Waals surface area contributed by atoms with Crippen LogP contribution >= 0.6 is 0 Å². The normalized spacial score (nSPS) is 10.7. The van der Waals surface area contributed by atoms with E-state index in [0.29, 0.717) is 11.3 Å².